The van der Waals surface area contributed by atoms with Crippen LogP contribution < -0.4 is 16.0 Å². The van der Waals surface area contributed by atoms with Crippen LogP contribution in [0.5, 0.6) is 0 Å². The highest BCUT2D eigenvalue weighted by Crippen LogP contribution is 2.21. The van der Waals surface area contributed by atoms with Gasteiger partial charge in [-0.05, 0) is 43.1 Å². The third kappa shape index (κ3) is 5.17. The van der Waals surface area contributed by atoms with Crippen LogP contribution in [-0.4, -0.2) is 25.5 Å². The monoisotopic (exact) mass is 281 g/mol. The molecule has 1 rings (SSSR count). The van der Waals surface area contributed by atoms with Crippen molar-refractivity contribution in [3.05, 3.63) is 29.6 Å². The van der Waals surface area contributed by atoms with Gasteiger partial charge in [0.25, 0.3) is 0 Å². The summed E-state index contributed by atoms with van der Waals surface area (Å²) in [5, 5.41) is 3.29. The Morgan fingerprint density at radius 1 is 1.45 bits per heavy atom. The summed E-state index contributed by atoms with van der Waals surface area (Å²) in [7, 11) is 0. The molecule has 0 heterocycles. The van der Waals surface area contributed by atoms with Crippen molar-refractivity contribution in [2.45, 2.75) is 27.3 Å². The van der Waals surface area contributed by atoms with Gasteiger partial charge in [-0.25, -0.2) is 4.39 Å². The lowest BCUT2D eigenvalue weighted by Crippen LogP contribution is -2.34. The first-order valence-corrected chi connectivity index (χ1v) is 6.96. The molecule has 0 bridgehead atoms. The minimum atomic E-state index is -0.391. The summed E-state index contributed by atoms with van der Waals surface area (Å²) in [6.45, 7) is 8.39. The highest BCUT2D eigenvalue weighted by molar-refractivity contribution is 5.79. The summed E-state index contributed by atoms with van der Waals surface area (Å²) >= 11 is 0. The van der Waals surface area contributed by atoms with Gasteiger partial charge in [0, 0.05) is 18.8 Å². The maximum Gasteiger partial charge on any atom is 0.236 e. The Hall–Kier alpha value is -1.62. The average molecular weight is 281 g/mol. The number of primary amides is 1. The number of nitrogens with zero attached hydrogens (tertiary/aromatic N) is 1. The number of anilines is 1. The largest absolute Gasteiger partial charge is 0.368 e. The van der Waals surface area contributed by atoms with Crippen LogP contribution in [0.4, 0.5) is 10.1 Å². The lowest BCUT2D eigenvalue weighted by Gasteiger charge is -2.24. The third-order valence-corrected chi connectivity index (χ3v) is 2.98. The fourth-order valence-corrected chi connectivity index (χ4v) is 2.06. The number of nitrogens with one attached hydrogen (secondary N) is 1. The Morgan fingerprint density at radius 2 is 2.15 bits per heavy atom. The number of halogens is 1. The third-order valence-electron chi connectivity index (χ3n) is 2.98. The quantitative estimate of drug-likeness (QED) is 0.765. The van der Waals surface area contributed by atoms with Crippen molar-refractivity contribution in [2.24, 2.45) is 11.7 Å². The van der Waals surface area contributed by atoms with Crippen molar-refractivity contribution < 1.29 is 9.18 Å². The first-order chi connectivity index (χ1) is 9.43. The zero-order valence-electron chi connectivity index (χ0n) is 12.4. The van der Waals surface area contributed by atoms with Gasteiger partial charge in [0.15, 0.2) is 0 Å². The highest BCUT2D eigenvalue weighted by atomic mass is 19.1. The van der Waals surface area contributed by atoms with E-state index < -0.39 is 5.91 Å². The first-order valence-electron chi connectivity index (χ1n) is 6.96. The van der Waals surface area contributed by atoms with E-state index in [1.54, 1.807) is 6.07 Å². The van der Waals surface area contributed by atoms with Gasteiger partial charge < -0.3 is 16.0 Å². The van der Waals surface area contributed by atoms with Gasteiger partial charge in [-0.3, -0.25) is 4.79 Å². The van der Waals surface area contributed by atoms with Crippen molar-refractivity contribution in [3.63, 3.8) is 0 Å². The number of nitrogens with two attached hydrogens (primary N) is 1. The number of amides is 1. The number of rotatable bonds is 8. The average Bonchev–Trinajstić information content (AvgIpc) is 2.36. The van der Waals surface area contributed by atoms with E-state index in [1.165, 1.54) is 12.1 Å². The number of likely N-dealkylation sites (N-methyl/N-ethyl adjacent to an activating group) is 1. The molecule has 0 radical (unpaired) electrons. The predicted molar refractivity (Wildman–Crippen MR) is 80.0 cm³/mol. The summed E-state index contributed by atoms with van der Waals surface area (Å²) in [6.07, 6.45) is 0. The zero-order chi connectivity index (χ0) is 15.1. The molecule has 0 aliphatic heterocycles. The number of benzene rings is 1. The van der Waals surface area contributed by atoms with Gasteiger partial charge in [-0.2, -0.15) is 0 Å². The van der Waals surface area contributed by atoms with Gasteiger partial charge >= 0.3 is 0 Å². The number of carbonyl (C=O) groups excluding carboxylic acids is 1. The van der Waals surface area contributed by atoms with Crippen molar-refractivity contribution in [1.29, 1.82) is 0 Å². The fourth-order valence-electron chi connectivity index (χ4n) is 2.06. The molecule has 0 saturated heterocycles. The second kappa shape index (κ2) is 7.85. The maximum absolute atomic E-state index is 13.4. The van der Waals surface area contributed by atoms with Crippen LogP contribution in [0.1, 0.15) is 26.3 Å². The minimum absolute atomic E-state index is 0.138. The summed E-state index contributed by atoms with van der Waals surface area (Å²) in [4.78, 5) is 13.0. The van der Waals surface area contributed by atoms with Crippen LogP contribution in [0.15, 0.2) is 18.2 Å². The molecule has 1 amide bonds. The van der Waals surface area contributed by atoms with Crippen LogP contribution >= 0.6 is 0 Å². The van der Waals surface area contributed by atoms with E-state index in [4.69, 9.17) is 5.73 Å². The molecular weight excluding hydrogens is 257 g/mol. The van der Waals surface area contributed by atoms with Gasteiger partial charge in [0.1, 0.15) is 5.82 Å². The molecule has 0 aliphatic rings. The Morgan fingerprint density at radius 3 is 2.70 bits per heavy atom. The van der Waals surface area contributed by atoms with E-state index in [-0.39, 0.29) is 12.4 Å². The molecule has 5 heteroatoms. The minimum Gasteiger partial charge on any atom is -0.368 e. The van der Waals surface area contributed by atoms with Crippen LogP contribution in [-0.2, 0) is 11.3 Å². The molecule has 1 aromatic rings. The molecule has 0 aromatic heterocycles. The second-order valence-electron chi connectivity index (χ2n) is 5.28. The molecule has 0 saturated carbocycles. The van der Waals surface area contributed by atoms with E-state index in [2.05, 4.69) is 19.2 Å². The van der Waals surface area contributed by atoms with Crippen LogP contribution in [0, 0.1) is 11.7 Å². The van der Waals surface area contributed by atoms with Crippen molar-refractivity contribution in [1.82, 2.24) is 5.32 Å². The number of hydrogen-bond acceptors (Lipinski definition) is 3. The fraction of sp³-hybridized carbons (Fsp3) is 0.533. The number of carbonyl (C=O) groups is 1. The SMILES string of the molecule is CCN(CC(N)=O)c1ccc(F)cc1CNCC(C)C. The van der Waals surface area contributed by atoms with Crippen molar-refractivity contribution >= 4 is 11.6 Å². The molecular formula is C15H24FN3O. The Balaban J connectivity index is 2.90. The molecule has 0 unspecified atom stereocenters. The van der Waals surface area contributed by atoms with Gasteiger partial charge in [-0.15, -0.1) is 0 Å². The predicted octanol–water partition coefficient (Wildman–Crippen LogP) is 1.88. The number of hydrogen-bond donors (Lipinski definition) is 2. The van der Waals surface area contributed by atoms with Gasteiger partial charge in [0.2, 0.25) is 5.91 Å². The van der Waals surface area contributed by atoms with Gasteiger partial charge in [0.05, 0.1) is 6.54 Å². The van der Waals surface area contributed by atoms with Crippen LogP contribution in [0.2, 0.25) is 0 Å². The lowest BCUT2D eigenvalue weighted by atomic mass is 10.1. The standard InChI is InChI=1S/C15H24FN3O/c1-4-19(10-15(17)20)14-6-5-13(16)7-12(14)9-18-8-11(2)3/h5-7,11,18H,4,8-10H2,1-3H3,(H2,17,20). The van der Waals surface area contributed by atoms with Crippen LogP contribution in [0.25, 0.3) is 0 Å². The molecule has 1 aromatic carbocycles. The maximum atomic E-state index is 13.4. The smallest absolute Gasteiger partial charge is 0.236 e. The molecule has 0 atom stereocenters. The first kappa shape index (κ1) is 16.4. The van der Waals surface area contributed by atoms with Gasteiger partial charge in [-0.1, -0.05) is 13.8 Å². The van der Waals surface area contributed by atoms with E-state index in [9.17, 15) is 9.18 Å². The van der Waals surface area contributed by atoms with Crippen LogP contribution in [0.3, 0.4) is 0 Å². The molecule has 0 aliphatic carbocycles. The highest BCUT2D eigenvalue weighted by Gasteiger charge is 2.12. The topological polar surface area (TPSA) is 58.4 Å². The Bertz CT molecular complexity index is 449. The second-order valence-corrected chi connectivity index (χ2v) is 5.28. The molecule has 3 N–H and O–H groups in total. The van der Waals surface area contributed by atoms with E-state index in [1.807, 2.05) is 11.8 Å². The Labute approximate surface area is 120 Å². The lowest BCUT2D eigenvalue weighted by molar-refractivity contribution is -0.116. The molecule has 20 heavy (non-hydrogen) atoms. The Kier molecular flexibility index (Phi) is 6.45. The summed E-state index contributed by atoms with van der Waals surface area (Å²) < 4.78 is 13.4. The zero-order valence-corrected chi connectivity index (χ0v) is 12.4. The van der Waals surface area contributed by atoms with E-state index in [0.717, 1.165) is 17.8 Å². The normalized spacial score (nSPS) is 10.8. The summed E-state index contributed by atoms with van der Waals surface area (Å²) in [5.41, 5.74) is 6.95. The molecule has 4 nitrogen and oxygen atoms in total. The van der Waals surface area contributed by atoms with Crippen molar-refractivity contribution in [2.75, 3.05) is 24.5 Å². The molecule has 112 valence electrons. The van der Waals surface area contributed by atoms with Crippen molar-refractivity contribution in [3.8, 4) is 0 Å². The molecule has 0 spiro atoms. The van der Waals surface area contributed by atoms with E-state index in [0.29, 0.717) is 19.0 Å². The summed E-state index contributed by atoms with van der Waals surface area (Å²) in [6, 6.07) is 4.62. The van der Waals surface area contributed by atoms with E-state index >= 15 is 0 Å². The molecule has 0 fully saturated rings. The summed E-state index contributed by atoms with van der Waals surface area (Å²) in [5.74, 6) is -0.137.